The summed E-state index contributed by atoms with van der Waals surface area (Å²) in [6.07, 6.45) is 3.20. The molecule has 0 N–H and O–H groups in total. The van der Waals surface area contributed by atoms with Crippen molar-refractivity contribution in [3.8, 4) is 0 Å². The van der Waals surface area contributed by atoms with Crippen molar-refractivity contribution in [2.24, 2.45) is 11.8 Å². The SMILES string of the molecule is Cc1cnc(C(=O)N(CC(C)C)CC(C)C)cn1. The first kappa shape index (κ1) is 14.6. The van der Waals surface area contributed by atoms with Crippen LogP contribution in [-0.2, 0) is 0 Å². The molecule has 0 bridgehead atoms. The smallest absolute Gasteiger partial charge is 0.274 e. The molecule has 1 rings (SSSR count). The Balaban J connectivity index is 2.83. The summed E-state index contributed by atoms with van der Waals surface area (Å²) in [5.41, 5.74) is 1.26. The predicted octanol–water partition coefficient (Wildman–Crippen LogP) is 2.54. The molecule has 4 heteroatoms. The third-order valence-electron chi connectivity index (χ3n) is 2.46. The van der Waals surface area contributed by atoms with Gasteiger partial charge in [0.1, 0.15) is 5.69 Å². The lowest BCUT2D eigenvalue weighted by Gasteiger charge is -2.25. The minimum absolute atomic E-state index is 0.0232. The van der Waals surface area contributed by atoms with Gasteiger partial charge in [-0.2, -0.15) is 0 Å². The van der Waals surface area contributed by atoms with Crippen molar-refractivity contribution >= 4 is 5.91 Å². The van der Waals surface area contributed by atoms with E-state index in [1.807, 2.05) is 11.8 Å². The first-order chi connectivity index (χ1) is 8.40. The number of hydrogen-bond acceptors (Lipinski definition) is 3. The maximum atomic E-state index is 12.4. The summed E-state index contributed by atoms with van der Waals surface area (Å²) in [7, 11) is 0. The van der Waals surface area contributed by atoms with Crippen LogP contribution in [0.15, 0.2) is 12.4 Å². The van der Waals surface area contributed by atoms with Gasteiger partial charge in [0.25, 0.3) is 5.91 Å². The molecule has 1 aromatic rings. The lowest BCUT2D eigenvalue weighted by atomic mass is 10.1. The van der Waals surface area contributed by atoms with E-state index in [1.54, 1.807) is 12.4 Å². The molecular formula is C14H23N3O. The number of carbonyl (C=O) groups is 1. The lowest BCUT2D eigenvalue weighted by Crippen LogP contribution is -2.37. The molecule has 0 atom stereocenters. The number of amides is 1. The molecule has 0 aliphatic rings. The molecule has 0 radical (unpaired) electrons. The van der Waals surface area contributed by atoms with E-state index < -0.39 is 0 Å². The second-order valence-electron chi connectivity index (χ2n) is 5.54. The maximum Gasteiger partial charge on any atom is 0.274 e. The summed E-state index contributed by atoms with van der Waals surface area (Å²) in [5, 5.41) is 0. The minimum Gasteiger partial charge on any atom is -0.337 e. The van der Waals surface area contributed by atoms with Gasteiger partial charge in [-0.3, -0.25) is 9.78 Å². The van der Waals surface area contributed by atoms with E-state index in [4.69, 9.17) is 0 Å². The number of rotatable bonds is 5. The van der Waals surface area contributed by atoms with E-state index in [-0.39, 0.29) is 5.91 Å². The number of aromatic nitrogens is 2. The zero-order chi connectivity index (χ0) is 13.7. The van der Waals surface area contributed by atoms with Crippen molar-refractivity contribution in [3.63, 3.8) is 0 Å². The molecule has 0 aromatic carbocycles. The fraction of sp³-hybridized carbons (Fsp3) is 0.643. The Hall–Kier alpha value is -1.45. The van der Waals surface area contributed by atoms with Gasteiger partial charge in [-0.1, -0.05) is 27.7 Å². The topological polar surface area (TPSA) is 46.1 Å². The number of nitrogens with zero attached hydrogens (tertiary/aromatic N) is 3. The van der Waals surface area contributed by atoms with Crippen LogP contribution in [0, 0.1) is 18.8 Å². The third-order valence-corrected chi connectivity index (χ3v) is 2.46. The Labute approximate surface area is 109 Å². The molecule has 0 fully saturated rings. The van der Waals surface area contributed by atoms with Gasteiger partial charge in [0, 0.05) is 19.3 Å². The first-order valence-corrected chi connectivity index (χ1v) is 6.48. The monoisotopic (exact) mass is 249 g/mol. The highest BCUT2D eigenvalue weighted by Crippen LogP contribution is 2.08. The van der Waals surface area contributed by atoms with Gasteiger partial charge in [0.05, 0.1) is 11.9 Å². The van der Waals surface area contributed by atoms with Gasteiger partial charge < -0.3 is 4.90 Å². The molecule has 0 saturated heterocycles. The molecule has 4 nitrogen and oxygen atoms in total. The van der Waals surface area contributed by atoms with Crippen LogP contribution in [0.2, 0.25) is 0 Å². The molecule has 1 amide bonds. The highest BCUT2D eigenvalue weighted by Gasteiger charge is 2.19. The van der Waals surface area contributed by atoms with Gasteiger partial charge >= 0.3 is 0 Å². The van der Waals surface area contributed by atoms with Crippen molar-refractivity contribution in [3.05, 3.63) is 23.8 Å². The largest absolute Gasteiger partial charge is 0.337 e. The second kappa shape index (κ2) is 6.47. The van der Waals surface area contributed by atoms with E-state index in [1.165, 1.54) is 0 Å². The average molecular weight is 249 g/mol. The van der Waals surface area contributed by atoms with Crippen LogP contribution < -0.4 is 0 Å². The summed E-state index contributed by atoms with van der Waals surface area (Å²) in [4.78, 5) is 22.5. The summed E-state index contributed by atoms with van der Waals surface area (Å²) >= 11 is 0. The molecule has 100 valence electrons. The van der Waals surface area contributed by atoms with Gasteiger partial charge in [0.2, 0.25) is 0 Å². The van der Waals surface area contributed by atoms with Gasteiger partial charge in [-0.25, -0.2) is 4.98 Å². The van der Waals surface area contributed by atoms with E-state index in [0.29, 0.717) is 17.5 Å². The van der Waals surface area contributed by atoms with Crippen LogP contribution in [0.5, 0.6) is 0 Å². The molecule has 1 heterocycles. The highest BCUT2D eigenvalue weighted by molar-refractivity contribution is 5.92. The fourth-order valence-corrected chi connectivity index (χ4v) is 1.79. The molecule has 1 aromatic heterocycles. The fourth-order valence-electron chi connectivity index (χ4n) is 1.79. The van der Waals surface area contributed by atoms with Crippen LogP contribution in [0.1, 0.15) is 43.9 Å². The van der Waals surface area contributed by atoms with Gasteiger partial charge in [-0.05, 0) is 18.8 Å². The van der Waals surface area contributed by atoms with E-state index in [2.05, 4.69) is 37.7 Å². The quantitative estimate of drug-likeness (QED) is 0.805. The number of carbonyl (C=O) groups excluding carboxylic acids is 1. The summed E-state index contributed by atoms with van der Waals surface area (Å²) in [6.45, 7) is 11.8. The standard InChI is InChI=1S/C14H23N3O/c1-10(2)8-17(9-11(3)4)14(18)13-7-15-12(5)6-16-13/h6-7,10-11H,8-9H2,1-5H3. The normalized spacial score (nSPS) is 11.1. The van der Waals surface area contributed by atoms with Crippen molar-refractivity contribution in [1.29, 1.82) is 0 Å². The van der Waals surface area contributed by atoms with Crippen molar-refractivity contribution in [2.75, 3.05) is 13.1 Å². The molecule has 18 heavy (non-hydrogen) atoms. The Morgan fingerprint density at radius 3 is 2.06 bits per heavy atom. The van der Waals surface area contributed by atoms with Crippen LogP contribution >= 0.6 is 0 Å². The van der Waals surface area contributed by atoms with Crippen LogP contribution in [0.25, 0.3) is 0 Å². The highest BCUT2D eigenvalue weighted by atomic mass is 16.2. The molecule has 0 spiro atoms. The van der Waals surface area contributed by atoms with Gasteiger partial charge in [-0.15, -0.1) is 0 Å². The predicted molar refractivity (Wildman–Crippen MR) is 72.3 cm³/mol. The van der Waals surface area contributed by atoms with Gasteiger partial charge in [0.15, 0.2) is 0 Å². The minimum atomic E-state index is -0.0232. The van der Waals surface area contributed by atoms with Crippen molar-refractivity contribution in [1.82, 2.24) is 14.9 Å². The molecule has 0 aliphatic carbocycles. The third kappa shape index (κ3) is 4.43. The molecular weight excluding hydrogens is 226 g/mol. The van der Waals surface area contributed by atoms with E-state index in [9.17, 15) is 4.79 Å². The van der Waals surface area contributed by atoms with Crippen LogP contribution in [0.3, 0.4) is 0 Å². The Kier molecular flexibility index (Phi) is 5.25. The van der Waals surface area contributed by atoms with Crippen molar-refractivity contribution in [2.45, 2.75) is 34.6 Å². The number of aryl methyl sites for hydroxylation is 1. The summed E-state index contributed by atoms with van der Waals surface area (Å²) < 4.78 is 0. The summed E-state index contributed by atoms with van der Waals surface area (Å²) in [5.74, 6) is 0.877. The molecule has 0 aliphatic heterocycles. The lowest BCUT2D eigenvalue weighted by molar-refractivity contribution is 0.0708. The second-order valence-corrected chi connectivity index (χ2v) is 5.54. The molecule has 0 saturated carbocycles. The number of hydrogen-bond donors (Lipinski definition) is 0. The first-order valence-electron chi connectivity index (χ1n) is 6.48. The Bertz CT molecular complexity index is 375. The maximum absolute atomic E-state index is 12.4. The average Bonchev–Trinajstić information content (AvgIpc) is 2.27. The zero-order valence-electron chi connectivity index (χ0n) is 12.0. The Morgan fingerprint density at radius 1 is 1.11 bits per heavy atom. The van der Waals surface area contributed by atoms with Crippen molar-refractivity contribution < 1.29 is 4.79 Å². The summed E-state index contributed by atoms with van der Waals surface area (Å²) in [6, 6.07) is 0. The molecule has 0 unspecified atom stereocenters. The van der Waals surface area contributed by atoms with Crippen LogP contribution in [0.4, 0.5) is 0 Å². The van der Waals surface area contributed by atoms with Crippen LogP contribution in [-0.4, -0.2) is 33.9 Å². The van der Waals surface area contributed by atoms with E-state index in [0.717, 1.165) is 18.8 Å². The Morgan fingerprint density at radius 2 is 1.67 bits per heavy atom. The zero-order valence-corrected chi connectivity index (χ0v) is 12.0. The van der Waals surface area contributed by atoms with E-state index >= 15 is 0 Å².